The summed E-state index contributed by atoms with van der Waals surface area (Å²) in [6.07, 6.45) is 0. The van der Waals surface area contributed by atoms with E-state index in [1.54, 1.807) is 12.1 Å². The third-order valence-electron chi connectivity index (χ3n) is 2.61. The van der Waals surface area contributed by atoms with Gasteiger partial charge in [-0.05, 0) is 30.7 Å². The normalized spacial score (nSPS) is 15.1. The Morgan fingerprint density at radius 3 is 2.53 bits per heavy atom. The number of phenols is 1. The molecule has 0 saturated heterocycles. The zero-order valence-corrected chi connectivity index (χ0v) is 9.44. The third kappa shape index (κ3) is 2.45. The van der Waals surface area contributed by atoms with Gasteiger partial charge in [0.25, 0.3) is 0 Å². The van der Waals surface area contributed by atoms with Crippen LogP contribution < -0.4 is 5.73 Å². The molecule has 3 N–H and O–H groups in total. The van der Waals surface area contributed by atoms with Gasteiger partial charge in [0.15, 0.2) is 0 Å². The van der Waals surface area contributed by atoms with E-state index in [0.717, 1.165) is 17.7 Å². The highest BCUT2D eigenvalue weighted by atomic mass is 19.1. The van der Waals surface area contributed by atoms with E-state index in [4.69, 9.17) is 7.10 Å². The Bertz CT molecular complexity index is 567. The van der Waals surface area contributed by atoms with Crippen LogP contribution in [0.1, 0.15) is 24.1 Å². The lowest BCUT2D eigenvalue weighted by Gasteiger charge is -2.14. The van der Waals surface area contributed by atoms with Gasteiger partial charge in [0.05, 0.1) is 7.39 Å². The highest BCUT2D eigenvalue weighted by Gasteiger charge is 2.13. The largest absolute Gasteiger partial charge is 0.508 e. The molecule has 17 heavy (non-hydrogen) atoms. The van der Waals surface area contributed by atoms with E-state index in [1.165, 1.54) is 6.07 Å². The minimum atomic E-state index is -1.68. The van der Waals surface area contributed by atoms with Crippen molar-refractivity contribution < 1.29 is 10.9 Å². The maximum Gasteiger partial charge on any atom is 0.123 e. The summed E-state index contributed by atoms with van der Waals surface area (Å²) >= 11 is 0. The number of aromatic hydroxyl groups is 1. The van der Waals surface area contributed by atoms with E-state index in [1.807, 2.05) is 19.1 Å². The standard InChI is InChI=1S/C14H14FNO/c1-9-2-4-10(5-3-9)14(16)12-8-11(15)6-7-13(12)17/h2-8,14,17H,16H2,1H3/i14D. The maximum atomic E-state index is 13.2. The first-order valence-electron chi connectivity index (χ1n) is 5.76. The molecule has 0 fully saturated rings. The predicted octanol–water partition coefficient (Wildman–Crippen LogP) is 2.89. The highest BCUT2D eigenvalue weighted by Crippen LogP contribution is 2.28. The third-order valence-corrected chi connectivity index (χ3v) is 2.61. The Hall–Kier alpha value is -1.87. The summed E-state index contributed by atoms with van der Waals surface area (Å²) in [7, 11) is 0. The van der Waals surface area contributed by atoms with Crippen LogP contribution in [0.2, 0.25) is 0 Å². The molecule has 0 radical (unpaired) electrons. The first-order valence-corrected chi connectivity index (χ1v) is 5.26. The smallest absolute Gasteiger partial charge is 0.123 e. The lowest BCUT2D eigenvalue weighted by molar-refractivity contribution is 0.462. The minimum absolute atomic E-state index is 0.0475. The topological polar surface area (TPSA) is 46.2 Å². The molecular weight excluding hydrogens is 217 g/mol. The SMILES string of the molecule is [2H]C(N)(c1ccc(C)cc1)c1cc(F)ccc1O. The van der Waals surface area contributed by atoms with Crippen molar-refractivity contribution in [3.8, 4) is 5.75 Å². The molecule has 0 saturated carbocycles. The zero-order chi connectivity index (χ0) is 13.3. The van der Waals surface area contributed by atoms with Crippen molar-refractivity contribution in [2.24, 2.45) is 5.73 Å². The molecule has 2 aromatic rings. The number of benzene rings is 2. The Morgan fingerprint density at radius 2 is 1.88 bits per heavy atom. The number of nitrogens with two attached hydrogens (primary N) is 1. The van der Waals surface area contributed by atoms with E-state index in [2.05, 4.69) is 0 Å². The quantitative estimate of drug-likeness (QED) is 0.836. The Kier molecular flexibility index (Phi) is 2.76. The van der Waals surface area contributed by atoms with Crippen molar-refractivity contribution in [2.45, 2.75) is 12.9 Å². The Balaban J connectivity index is 2.53. The average molecular weight is 232 g/mol. The number of phenolic OH excluding ortho intramolecular Hbond substituents is 1. The predicted molar refractivity (Wildman–Crippen MR) is 65.3 cm³/mol. The van der Waals surface area contributed by atoms with Crippen molar-refractivity contribution in [3.63, 3.8) is 0 Å². The van der Waals surface area contributed by atoms with E-state index in [9.17, 15) is 9.50 Å². The van der Waals surface area contributed by atoms with Crippen LogP contribution in [0.5, 0.6) is 5.75 Å². The molecular formula is C14H14FNO. The van der Waals surface area contributed by atoms with Gasteiger partial charge in [-0.15, -0.1) is 0 Å². The van der Waals surface area contributed by atoms with Gasteiger partial charge < -0.3 is 10.8 Å². The van der Waals surface area contributed by atoms with Crippen LogP contribution in [0.25, 0.3) is 0 Å². The summed E-state index contributed by atoms with van der Waals surface area (Å²) in [5, 5.41) is 9.72. The van der Waals surface area contributed by atoms with Crippen LogP contribution in [0.4, 0.5) is 4.39 Å². The lowest BCUT2D eigenvalue weighted by atomic mass is 9.98. The molecule has 88 valence electrons. The zero-order valence-electron chi connectivity index (χ0n) is 10.4. The molecule has 2 nitrogen and oxygen atoms in total. The van der Waals surface area contributed by atoms with Crippen LogP contribution in [-0.2, 0) is 0 Å². The Labute approximate surface area is 101 Å². The molecule has 1 unspecified atom stereocenters. The molecule has 3 heteroatoms. The second-order valence-corrected chi connectivity index (χ2v) is 3.94. The van der Waals surface area contributed by atoms with E-state index >= 15 is 0 Å². The van der Waals surface area contributed by atoms with Crippen molar-refractivity contribution in [3.05, 3.63) is 65.0 Å². The summed E-state index contributed by atoms with van der Waals surface area (Å²) in [5.74, 6) is -0.716. The summed E-state index contributed by atoms with van der Waals surface area (Å²) in [6, 6.07) is 8.78. The van der Waals surface area contributed by atoms with E-state index in [-0.39, 0.29) is 11.3 Å². The number of aryl methyl sites for hydroxylation is 1. The molecule has 0 amide bonds. The molecule has 0 aliphatic carbocycles. The highest BCUT2D eigenvalue weighted by molar-refractivity contribution is 5.41. The van der Waals surface area contributed by atoms with Gasteiger partial charge in [-0.1, -0.05) is 29.8 Å². The van der Waals surface area contributed by atoms with Crippen LogP contribution in [0, 0.1) is 12.7 Å². The summed E-state index contributed by atoms with van der Waals surface area (Å²) in [6.45, 7) is 1.92. The number of halogens is 1. The molecule has 0 aliphatic heterocycles. The van der Waals surface area contributed by atoms with Crippen molar-refractivity contribution >= 4 is 0 Å². The lowest BCUT2D eigenvalue weighted by Crippen LogP contribution is -2.12. The minimum Gasteiger partial charge on any atom is -0.508 e. The molecule has 0 aromatic heterocycles. The first-order chi connectivity index (χ1) is 8.41. The fraction of sp³-hybridized carbons (Fsp3) is 0.143. The molecule has 0 bridgehead atoms. The average Bonchev–Trinajstić information content (AvgIpc) is 2.32. The second kappa shape index (κ2) is 4.55. The van der Waals surface area contributed by atoms with Crippen LogP contribution in [-0.4, -0.2) is 5.11 Å². The Morgan fingerprint density at radius 1 is 1.24 bits per heavy atom. The number of hydrogen-bond donors (Lipinski definition) is 2. The molecule has 0 heterocycles. The van der Waals surface area contributed by atoms with Crippen LogP contribution in [0.3, 0.4) is 0 Å². The fourth-order valence-electron chi connectivity index (χ4n) is 1.61. The molecule has 2 aromatic carbocycles. The van der Waals surface area contributed by atoms with Crippen molar-refractivity contribution in [1.82, 2.24) is 0 Å². The van der Waals surface area contributed by atoms with Gasteiger partial charge in [-0.25, -0.2) is 4.39 Å². The maximum absolute atomic E-state index is 13.2. The molecule has 1 atom stereocenters. The van der Waals surface area contributed by atoms with Gasteiger partial charge in [0.1, 0.15) is 11.6 Å². The molecule has 2 rings (SSSR count). The van der Waals surface area contributed by atoms with E-state index in [0.29, 0.717) is 5.56 Å². The second-order valence-electron chi connectivity index (χ2n) is 3.94. The van der Waals surface area contributed by atoms with Gasteiger partial charge in [0.2, 0.25) is 0 Å². The molecule has 0 spiro atoms. The number of hydrogen-bond acceptors (Lipinski definition) is 2. The van der Waals surface area contributed by atoms with Crippen LogP contribution >= 0.6 is 0 Å². The molecule has 0 aliphatic rings. The summed E-state index contributed by atoms with van der Waals surface area (Å²) in [5.41, 5.74) is 7.50. The van der Waals surface area contributed by atoms with Crippen molar-refractivity contribution in [1.29, 1.82) is 0 Å². The first kappa shape index (κ1) is 10.3. The summed E-state index contributed by atoms with van der Waals surface area (Å²) in [4.78, 5) is 0. The van der Waals surface area contributed by atoms with Gasteiger partial charge in [0, 0.05) is 5.56 Å². The van der Waals surface area contributed by atoms with Crippen LogP contribution in [0.15, 0.2) is 42.5 Å². The monoisotopic (exact) mass is 232 g/mol. The van der Waals surface area contributed by atoms with Gasteiger partial charge in [-0.2, -0.15) is 0 Å². The van der Waals surface area contributed by atoms with E-state index < -0.39 is 11.8 Å². The van der Waals surface area contributed by atoms with Crippen molar-refractivity contribution in [2.75, 3.05) is 0 Å². The van der Waals surface area contributed by atoms with Gasteiger partial charge >= 0.3 is 0 Å². The number of rotatable bonds is 2. The fourth-order valence-corrected chi connectivity index (χ4v) is 1.61. The van der Waals surface area contributed by atoms with Gasteiger partial charge in [-0.3, -0.25) is 0 Å². The summed E-state index contributed by atoms with van der Waals surface area (Å²) < 4.78 is 21.4.